The van der Waals surface area contributed by atoms with Crippen LogP contribution in [-0.2, 0) is 11.3 Å². The lowest BCUT2D eigenvalue weighted by atomic mass is 10.1. The molecule has 0 saturated carbocycles. The third-order valence-corrected chi connectivity index (χ3v) is 4.78. The van der Waals surface area contributed by atoms with E-state index in [-0.39, 0.29) is 0 Å². The standard InChI is InChI=1S/C13H21BrN2OS/c1-10-11(2)18-13(15-10)9-16-6-3-12(4-7-16)17-8-5-14/h12H,3-9H2,1-2H3. The van der Waals surface area contributed by atoms with E-state index in [1.165, 1.54) is 15.6 Å². The first-order chi connectivity index (χ1) is 8.69. The van der Waals surface area contributed by atoms with E-state index >= 15 is 0 Å². The molecule has 3 nitrogen and oxygen atoms in total. The number of aryl methyl sites for hydroxylation is 2. The van der Waals surface area contributed by atoms with Crippen LogP contribution in [0.2, 0.25) is 0 Å². The SMILES string of the molecule is Cc1nc(CN2CCC(OCCBr)CC2)sc1C. The zero-order valence-corrected chi connectivity index (χ0v) is 13.5. The number of hydrogen-bond donors (Lipinski definition) is 0. The van der Waals surface area contributed by atoms with E-state index in [1.54, 1.807) is 0 Å². The van der Waals surface area contributed by atoms with E-state index < -0.39 is 0 Å². The number of hydrogen-bond acceptors (Lipinski definition) is 4. The Bertz CT molecular complexity index is 356. The summed E-state index contributed by atoms with van der Waals surface area (Å²) < 4.78 is 5.77. The van der Waals surface area contributed by atoms with Gasteiger partial charge in [-0.05, 0) is 26.7 Å². The fraction of sp³-hybridized carbons (Fsp3) is 0.769. The smallest absolute Gasteiger partial charge is 0.107 e. The van der Waals surface area contributed by atoms with Crippen molar-refractivity contribution in [3.8, 4) is 0 Å². The molecule has 1 aliphatic rings. The maximum absolute atomic E-state index is 5.77. The molecule has 0 N–H and O–H groups in total. The topological polar surface area (TPSA) is 25.4 Å². The average Bonchev–Trinajstić information content (AvgIpc) is 2.67. The molecular formula is C13H21BrN2OS. The molecule has 102 valence electrons. The Labute approximate surface area is 122 Å². The van der Waals surface area contributed by atoms with E-state index in [1.807, 2.05) is 11.3 Å². The molecule has 2 heterocycles. The van der Waals surface area contributed by atoms with Crippen LogP contribution in [0.3, 0.4) is 0 Å². The third kappa shape index (κ3) is 4.02. The zero-order valence-electron chi connectivity index (χ0n) is 11.1. The largest absolute Gasteiger partial charge is 0.377 e. The van der Waals surface area contributed by atoms with Gasteiger partial charge in [-0.2, -0.15) is 0 Å². The van der Waals surface area contributed by atoms with Crippen molar-refractivity contribution in [3.63, 3.8) is 0 Å². The number of piperidine rings is 1. The summed E-state index contributed by atoms with van der Waals surface area (Å²) >= 11 is 5.23. The van der Waals surface area contributed by atoms with E-state index in [0.717, 1.165) is 44.4 Å². The van der Waals surface area contributed by atoms with Crippen LogP contribution in [0.4, 0.5) is 0 Å². The van der Waals surface area contributed by atoms with Crippen molar-refractivity contribution in [1.82, 2.24) is 9.88 Å². The van der Waals surface area contributed by atoms with E-state index in [4.69, 9.17) is 4.74 Å². The molecule has 1 saturated heterocycles. The average molecular weight is 333 g/mol. The Hall–Kier alpha value is 0.0300. The fourth-order valence-electron chi connectivity index (χ4n) is 2.24. The van der Waals surface area contributed by atoms with Gasteiger partial charge >= 0.3 is 0 Å². The van der Waals surface area contributed by atoms with E-state index in [9.17, 15) is 0 Å². The molecule has 0 atom stereocenters. The van der Waals surface area contributed by atoms with Gasteiger partial charge in [-0.1, -0.05) is 15.9 Å². The number of ether oxygens (including phenoxy) is 1. The summed E-state index contributed by atoms with van der Waals surface area (Å²) in [6.07, 6.45) is 2.76. The molecule has 0 aliphatic carbocycles. The molecule has 0 radical (unpaired) electrons. The Morgan fingerprint density at radius 3 is 2.67 bits per heavy atom. The second-order valence-corrected chi connectivity index (χ2v) is 6.87. The lowest BCUT2D eigenvalue weighted by Crippen LogP contribution is -2.36. The van der Waals surface area contributed by atoms with Crippen LogP contribution in [0.25, 0.3) is 0 Å². The van der Waals surface area contributed by atoms with E-state index in [2.05, 4.69) is 39.7 Å². The summed E-state index contributed by atoms with van der Waals surface area (Å²) in [6.45, 7) is 8.34. The summed E-state index contributed by atoms with van der Waals surface area (Å²) in [6, 6.07) is 0. The molecular weight excluding hydrogens is 312 g/mol. The number of aromatic nitrogens is 1. The van der Waals surface area contributed by atoms with Gasteiger partial charge in [0.05, 0.1) is 24.9 Å². The van der Waals surface area contributed by atoms with Gasteiger partial charge in [-0.3, -0.25) is 4.90 Å². The number of thiazole rings is 1. The van der Waals surface area contributed by atoms with Crippen molar-refractivity contribution in [3.05, 3.63) is 15.6 Å². The highest BCUT2D eigenvalue weighted by atomic mass is 79.9. The van der Waals surface area contributed by atoms with Gasteiger partial charge in [0.2, 0.25) is 0 Å². The van der Waals surface area contributed by atoms with Crippen LogP contribution in [0.15, 0.2) is 0 Å². The molecule has 0 aromatic carbocycles. The van der Waals surface area contributed by atoms with Crippen LogP contribution in [0.1, 0.15) is 28.4 Å². The number of likely N-dealkylation sites (tertiary alicyclic amines) is 1. The number of nitrogens with zero attached hydrogens (tertiary/aromatic N) is 2. The lowest BCUT2D eigenvalue weighted by molar-refractivity contribution is 0.0141. The number of halogens is 1. The molecule has 1 fully saturated rings. The minimum atomic E-state index is 0.457. The van der Waals surface area contributed by atoms with Crippen LogP contribution in [0.5, 0.6) is 0 Å². The van der Waals surface area contributed by atoms with Gasteiger partial charge < -0.3 is 4.74 Å². The zero-order chi connectivity index (χ0) is 13.0. The van der Waals surface area contributed by atoms with Crippen LogP contribution < -0.4 is 0 Å². The van der Waals surface area contributed by atoms with Gasteiger partial charge in [-0.15, -0.1) is 11.3 Å². The van der Waals surface area contributed by atoms with Gasteiger partial charge in [0, 0.05) is 23.3 Å². The lowest BCUT2D eigenvalue weighted by Gasteiger charge is -2.31. The summed E-state index contributed by atoms with van der Waals surface area (Å²) in [5, 5.41) is 2.19. The van der Waals surface area contributed by atoms with Crippen molar-refractivity contribution >= 4 is 27.3 Å². The highest BCUT2D eigenvalue weighted by Gasteiger charge is 2.20. The first kappa shape index (κ1) is 14.4. The van der Waals surface area contributed by atoms with Crippen LogP contribution >= 0.6 is 27.3 Å². The maximum atomic E-state index is 5.77. The normalized spacial score (nSPS) is 18.4. The first-order valence-electron chi connectivity index (χ1n) is 6.52. The molecule has 0 spiro atoms. The molecule has 1 aliphatic heterocycles. The molecule has 1 aromatic rings. The van der Waals surface area contributed by atoms with Crippen LogP contribution in [0, 0.1) is 13.8 Å². The minimum Gasteiger partial charge on any atom is -0.377 e. The molecule has 18 heavy (non-hydrogen) atoms. The van der Waals surface area contributed by atoms with Crippen molar-refractivity contribution in [2.24, 2.45) is 0 Å². The maximum Gasteiger partial charge on any atom is 0.107 e. The van der Waals surface area contributed by atoms with Gasteiger partial charge in [0.1, 0.15) is 5.01 Å². The Kier molecular flexibility index (Phi) is 5.60. The van der Waals surface area contributed by atoms with E-state index in [0.29, 0.717) is 6.10 Å². The number of rotatable bonds is 5. The van der Waals surface area contributed by atoms with Crippen molar-refractivity contribution in [1.29, 1.82) is 0 Å². The van der Waals surface area contributed by atoms with Gasteiger partial charge in [-0.25, -0.2) is 4.98 Å². The molecule has 0 unspecified atom stereocenters. The second-order valence-electron chi connectivity index (χ2n) is 4.78. The molecule has 1 aromatic heterocycles. The third-order valence-electron chi connectivity index (χ3n) is 3.40. The van der Waals surface area contributed by atoms with Crippen molar-refractivity contribution < 1.29 is 4.74 Å². The molecule has 0 amide bonds. The summed E-state index contributed by atoms with van der Waals surface area (Å²) in [5.41, 5.74) is 1.19. The van der Waals surface area contributed by atoms with Crippen LogP contribution in [-0.4, -0.2) is 41.0 Å². The monoisotopic (exact) mass is 332 g/mol. The van der Waals surface area contributed by atoms with Crippen molar-refractivity contribution in [2.75, 3.05) is 25.0 Å². The highest BCUT2D eigenvalue weighted by Crippen LogP contribution is 2.21. The Morgan fingerprint density at radius 1 is 1.39 bits per heavy atom. The highest BCUT2D eigenvalue weighted by molar-refractivity contribution is 9.09. The fourth-order valence-corrected chi connectivity index (χ4v) is 3.41. The summed E-state index contributed by atoms with van der Waals surface area (Å²) in [7, 11) is 0. The Balaban J connectivity index is 1.76. The van der Waals surface area contributed by atoms with Gasteiger partial charge in [0.15, 0.2) is 0 Å². The summed E-state index contributed by atoms with van der Waals surface area (Å²) in [5.74, 6) is 0. The quantitative estimate of drug-likeness (QED) is 0.774. The first-order valence-corrected chi connectivity index (χ1v) is 8.45. The van der Waals surface area contributed by atoms with Gasteiger partial charge in [0.25, 0.3) is 0 Å². The Morgan fingerprint density at radius 2 is 2.11 bits per heavy atom. The number of alkyl halides is 1. The molecule has 2 rings (SSSR count). The molecule has 0 bridgehead atoms. The molecule has 5 heteroatoms. The predicted octanol–water partition coefficient (Wildman–Crippen LogP) is 3.14. The second kappa shape index (κ2) is 6.98. The van der Waals surface area contributed by atoms with Crippen molar-refractivity contribution in [2.45, 2.75) is 39.3 Å². The summed E-state index contributed by atoms with van der Waals surface area (Å²) in [4.78, 5) is 8.45. The minimum absolute atomic E-state index is 0.457. The predicted molar refractivity (Wildman–Crippen MR) is 79.6 cm³/mol.